The van der Waals surface area contributed by atoms with E-state index in [9.17, 15) is 9.18 Å². The Morgan fingerprint density at radius 1 is 1.53 bits per heavy atom. The first-order chi connectivity index (χ1) is 8.18. The molecule has 0 atom stereocenters. The summed E-state index contributed by atoms with van der Waals surface area (Å²) in [5.41, 5.74) is 1.44. The molecule has 1 N–H and O–H groups in total. The molecule has 1 aromatic heterocycles. The minimum Gasteiger partial charge on any atom is -0.484 e. The summed E-state index contributed by atoms with van der Waals surface area (Å²) < 4.78 is 18.6. The Kier molecular flexibility index (Phi) is 3.34. The summed E-state index contributed by atoms with van der Waals surface area (Å²) in [6.45, 7) is 0.103. The largest absolute Gasteiger partial charge is 0.484 e. The Morgan fingerprint density at radius 2 is 2.35 bits per heavy atom. The van der Waals surface area contributed by atoms with Gasteiger partial charge in [-0.25, -0.2) is 9.18 Å². The fourth-order valence-electron chi connectivity index (χ4n) is 1.28. The molecule has 1 heterocycles. The lowest BCUT2D eigenvalue weighted by Crippen LogP contribution is -2.04. The monoisotopic (exact) mass is 253 g/mol. The number of hydrogen-bond donors (Lipinski definition) is 1. The molecule has 1 aromatic carbocycles. The van der Waals surface area contributed by atoms with Crippen molar-refractivity contribution in [2.24, 2.45) is 0 Å². The van der Waals surface area contributed by atoms with Gasteiger partial charge in [0.2, 0.25) is 0 Å². The fraction of sp³-hybridized carbons (Fsp3) is 0.0909. The van der Waals surface area contributed by atoms with Gasteiger partial charge in [0.05, 0.1) is 10.4 Å². The minimum absolute atomic E-state index is 0.103. The molecule has 6 heteroatoms. The summed E-state index contributed by atoms with van der Waals surface area (Å²) in [4.78, 5) is 15.5. The highest BCUT2D eigenvalue weighted by molar-refractivity contribution is 7.09. The molecule has 0 aliphatic heterocycles. The molecule has 0 aliphatic carbocycles. The third-order valence-corrected chi connectivity index (χ3v) is 2.79. The molecule has 88 valence electrons. The van der Waals surface area contributed by atoms with Crippen LogP contribution in [0.15, 0.2) is 29.9 Å². The van der Waals surface area contributed by atoms with Gasteiger partial charge in [0, 0.05) is 6.20 Å². The number of aromatic carboxylic acids is 1. The number of rotatable bonds is 4. The zero-order chi connectivity index (χ0) is 12.3. The summed E-state index contributed by atoms with van der Waals surface area (Å²) >= 11 is 1.36. The number of benzene rings is 1. The van der Waals surface area contributed by atoms with E-state index in [2.05, 4.69) is 4.98 Å². The lowest BCUT2D eigenvalue weighted by atomic mass is 10.2. The van der Waals surface area contributed by atoms with Crippen molar-refractivity contribution in [3.63, 3.8) is 0 Å². The Hall–Kier alpha value is -1.95. The fourth-order valence-corrected chi connectivity index (χ4v) is 1.79. The number of ether oxygens (including phenoxy) is 1. The van der Waals surface area contributed by atoms with Crippen LogP contribution < -0.4 is 4.74 Å². The molecule has 0 unspecified atom stereocenters. The van der Waals surface area contributed by atoms with Crippen molar-refractivity contribution in [2.75, 3.05) is 0 Å². The van der Waals surface area contributed by atoms with E-state index in [1.807, 2.05) is 0 Å². The highest BCUT2D eigenvalue weighted by Gasteiger charge is 2.15. The van der Waals surface area contributed by atoms with E-state index in [4.69, 9.17) is 9.84 Å². The number of carboxylic acids is 1. The lowest BCUT2D eigenvalue weighted by Gasteiger charge is -2.08. The van der Waals surface area contributed by atoms with Gasteiger partial charge in [-0.1, -0.05) is 6.07 Å². The van der Waals surface area contributed by atoms with Crippen molar-refractivity contribution in [3.05, 3.63) is 46.2 Å². The van der Waals surface area contributed by atoms with Crippen molar-refractivity contribution in [1.82, 2.24) is 4.98 Å². The number of carboxylic acid groups (broad SMARTS) is 1. The number of aromatic nitrogens is 1. The van der Waals surface area contributed by atoms with E-state index in [-0.39, 0.29) is 17.9 Å². The molecule has 0 radical (unpaired) electrons. The van der Waals surface area contributed by atoms with Gasteiger partial charge in [-0.15, -0.1) is 11.3 Å². The van der Waals surface area contributed by atoms with Crippen LogP contribution >= 0.6 is 11.3 Å². The van der Waals surface area contributed by atoms with Gasteiger partial charge < -0.3 is 9.84 Å². The number of thiazole rings is 1. The third-order valence-electron chi connectivity index (χ3n) is 2.04. The molecule has 0 saturated carbocycles. The summed E-state index contributed by atoms with van der Waals surface area (Å²) in [7, 11) is 0. The van der Waals surface area contributed by atoms with Crippen molar-refractivity contribution < 1.29 is 19.0 Å². The predicted molar refractivity (Wildman–Crippen MR) is 59.8 cm³/mol. The maximum absolute atomic E-state index is 13.4. The van der Waals surface area contributed by atoms with Crippen LogP contribution in [-0.2, 0) is 6.61 Å². The van der Waals surface area contributed by atoms with E-state index in [0.717, 1.165) is 10.9 Å². The van der Waals surface area contributed by atoms with Crippen molar-refractivity contribution in [3.8, 4) is 5.75 Å². The Morgan fingerprint density at radius 3 is 3.00 bits per heavy atom. The molecule has 0 aliphatic rings. The van der Waals surface area contributed by atoms with E-state index in [0.29, 0.717) is 0 Å². The molecule has 0 bridgehead atoms. The van der Waals surface area contributed by atoms with Gasteiger partial charge in [-0.05, 0) is 12.1 Å². The van der Waals surface area contributed by atoms with Crippen LogP contribution in [0.3, 0.4) is 0 Å². The van der Waals surface area contributed by atoms with Crippen LogP contribution in [0, 0.1) is 5.82 Å². The number of nitrogens with zero attached hydrogens (tertiary/aromatic N) is 1. The van der Waals surface area contributed by atoms with Crippen molar-refractivity contribution >= 4 is 17.3 Å². The molecule has 2 aromatic rings. The van der Waals surface area contributed by atoms with Crippen LogP contribution in [0.5, 0.6) is 5.75 Å². The summed E-state index contributed by atoms with van der Waals surface area (Å²) in [5, 5.41) is 8.89. The van der Waals surface area contributed by atoms with Gasteiger partial charge in [0.15, 0.2) is 11.6 Å². The second-order valence-electron chi connectivity index (χ2n) is 3.18. The van der Waals surface area contributed by atoms with Crippen LogP contribution in [-0.4, -0.2) is 16.1 Å². The summed E-state index contributed by atoms with van der Waals surface area (Å²) in [6.07, 6.45) is 1.59. The van der Waals surface area contributed by atoms with Crippen molar-refractivity contribution in [2.45, 2.75) is 6.61 Å². The Balaban J connectivity index is 2.22. The van der Waals surface area contributed by atoms with E-state index in [1.54, 1.807) is 11.7 Å². The van der Waals surface area contributed by atoms with E-state index >= 15 is 0 Å². The maximum Gasteiger partial charge on any atom is 0.339 e. The minimum atomic E-state index is -1.22. The second kappa shape index (κ2) is 4.92. The molecule has 0 amide bonds. The average Bonchev–Trinajstić information content (AvgIpc) is 2.80. The van der Waals surface area contributed by atoms with Crippen LogP contribution in [0.1, 0.15) is 15.2 Å². The quantitative estimate of drug-likeness (QED) is 0.909. The molecular weight excluding hydrogens is 245 g/mol. The zero-order valence-electron chi connectivity index (χ0n) is 8.59. The molecule has 0 spiro atoms. The SMILES string of the molecule is O=C(O)c1cccc(F)c1OCc1cncs1. The molecule has 4 nitrogen and oxygen atoms in total. The van der Waals surface area contributed by atoms with Crippen LogP contribution in [0.4, 0.5) is 4.39 Å². The summed E-state index contributed by atoms with van der Waals surface area (Å²) in [5.74, 6) is -2.15. The highest BCUT2D eigenvalue weighted by atomic mass is 32.1. The highest BCUT2D eigenvalue weighted by Crippen LogP contribution is 2.24. The van der Waals surface area contributed by atoms with Crippen LogP contribution in [0.2, 0.25) is 0 Å². The van der Waals surface area contributed by atoms with Gasteiger partial charge in [-0.3, -0.25) is 4.98 Å². The average molecular weight is 253 g/mol. The van der Waals surface area contributed by atoms with Gasteiger partial charge in [0.1, 0.15) is 12.2 Å². The maximum atomic E-state index is 13.4. The lowest BCUT2D eigenvalue weighted by molar-refractivity contribution is 0.0690. The number of carbonyl (C=O) groups is 1. The summed E-state index contributed by atoms with van der Waals surface area (Å²) in [6, 6.07) is 3.79. The smallest absolute Gasteiger partial charge is 0.339 e. The first-order valence-corrected chi connectivity index (χ1v) is 5.58. The van der Waals surface area contributed by atoms with E-state index < -0.39 is 11.8 Å². The molecular formula is C11H8FNO3S. The first kappa shape index (κ1) is 11.5. The third kappa shape index (κ3) is 2.59. The van der Waals surface area contributed by atoms with Crippen molar-refractivity contribution in [1.29, 1.82) is 0 Å². The second-order valence-corrected chi connectivity index (χ2v) is 4.15. The number of halogens is 1. The molecule has 0 saturated heterocycles. The van der Waals surface area contributed by atoms with Crippen LogP contribution in [0.25, 0.3) is 0 Å². The van der Waals surface area contributed by atoms with Gasteiger partial charge >= 0.3 is 5.97 Å². The Bertz CT molecular complexity index is 528. The molecule has 0 fully saturated rings. The van der Waals surface area contributed by atoms with Gasteiger partial charge in [0.25, 0.3) is 0 Å². The molecule has 17 heavy (non-hydrogen) atoms. The van der Waals surface area contributed by atoms with E-state index in [1.165, 1.54) is 23.5 Å². The number of para-hydroxylation sites is 1. The normalized spacial score (nSPS) is 10.2. The Labute approximate surface area is 100 Å². The predicted octanol–water partition coefficient (Wildman–Crippen LogP) is 2.56. The zero-order valence-corrected chi connectivity index (χ0v) is 9.41. The number of hydrogen-bond acceptors (Lipinski definition) is 4. The topological polar surface area (TPSA) is 59.4 Å². The standard InChI is InChI=1S/C11H8FNO3S/c12-9-3-1-2-8(11(14)15)10(9)16-5-7-4-13-6-17-7/h1-4,6H,5H2,(H,14,15). The first-order valence-electron chi connectivity index (χ1n) is 4.70. The molecule has 2 rings (SSSR count). The van der Waals surface area contributed by atoms with Gasteiger partial charge in [-0.2, -0.15) is 0 Å².